The largest absolute Gasteiger partial charge is 0.476 e. The van der Waals surface area contributed by atoms with Gasteiger partial charge in [0.25, 0.3) is 0 Å². The van der Waals surface area contributed by atoms with E-state index in [0.29, 0.717) is 36.9 Å². The van der Waals surface area contributed by atoms with Gasteiger partial charge in [-0.3, -0.25) is 14.7 Å². The molecule has 4 aromatic heterocycles. The molecule has 0 spiro atoms. The number of pyridine rings is 1. The number of hydrogen-bond acceptors (Lipinski definition) is 9. The van der Waals surface area contributed by atoms with Gasteiger partial charge < -0.3 is 15.2 Å². The first-order valence-corrected chi connectivity index (χ1v) is 13.7. The van der Waals surface area contributed by atoms with Crippen molar-refractivity contribution in [1.29, 1.82) is 0 Å². The lowest BCUT2D eigenvalue weighted by molar-refractivity contribution is 0.0633. The van der Waals surface area contributed by atoms with Crippen molar-refractivity contribution in [1.82, 2.24) is 34.5 Å². The Kier molecular flexibility index (Phi) is 8.06. The Bertz CT molecular complexity index is 1760. The van der Waals surface area contributed by atoms with E-state index < -0.39 is 17.7 Å². The van der Waals surface area contributed by atoms with Gasteiger partial charge in [0, 0.05) is 24.6 Å². The fourth-order valence-electron chi connectivity index (χ4n) is 4.56. The van der Waals surface area contributed by atoms with E-state index in [4.69, 9.17) is 9.84 Å². The van der Waals surface area contributed by atoms with Gasteiger partial charge in [0.15, 0.2) is 11.3 Å². The van der Waals surface area contributed by atoms with Gasteiger partial charge in [-0.15, -0.1) is 0 Å². The fourth-order valence-corrected chi connectivity index (χ4v) is 4.56. The van der Waals surface area contributed by atoms with Gasteiger partial charge in [0.2, 0.25) is 0 Å². The Morgan fingerprint density at radius 2 is 1.67 bits per heavy atom. The molecule has 0 radical (unpaired) electrons. The van der Waals surface area contributed by atoms with Crippen LogP contribution in [0, 0.1) is 13.8 Å². The normalized spacial score (nSPS) is 11.5. The molecule has 0 aliphatic carbocycles. The van der Waals surface area contributed by atoms with Crippen molar-refractivity contribution in [2.24, 2.45) is 0 Å². The number of aromatic carboxylic acids is 1. The predicted octanol–water partition coefficient (Wildman–Crippen LogP) is 4.79. The van der Waals surface area contributed by atoms with Crippen LogP contribution in [0.15, 0.2) is 55.1 Å². The summed E-state index contributed by atoms with van der Waals surface area (Å²) in [4.78, 5) is 36.5. The summed E-state index contributed by atoms with van der Waals surface area (Å²) >= 11 is 0. The SMILES string of the molecule is Cc1cc(NC(=O)OC(C)(C)C)nc(C)c1CNc1ncnc2nn(Cc3ccc(Cn4ccc(C(=O)O)n4)cc3)cc12. The second-order valence-corrected chi connectivity index (χ2v) is 11.2. The summed E-state index contributed by atoms with van der Waals surface area (Å²) in [5.41, 5.74) is 4.77. The van der Waals surface area contributed by atoms with Crippen LogP contribution in [-0.4, -0.2) is 57.3 Å². The summed E-state index contributed by atoms with van der Waals surface area (Å²) < 4.78 is 8.75. The molecule has 1 aromatic carbocycles. The number of nitrogens with zero attached hydrogens (tertiary/aromatic N) is 7. The Morgan fingerprint density at radius 3 is 2.30 bits per heavy atom. The zero-order chi connectivity index (χ0) is 30.7. The number of nitrogens with one attached hydrogen (secondary N) is 2. The van der Waals surface area contributed by atoms with Crippen LogP contribution in [0.25, 0.3) is 11.0 Å². The molecule has 0 aliphatic rings. The van der Waals surface area contributed by atoms with Crippen molar-refractivity contribution in [2.45, 2.75) is 59.9 Å². The number of carbonyl (C=O) groups excluding carboxylic acids is 1. The molecular weight excluding hydrogens is 550 g/mol. The third kappa shape index (κ3) is 7.31. The second-order valence-electron chi connectivity index (χ2n) is 11.2. The van der Waals surface area contributed by atoms with Crippen LogP contribution in [0.4, 0.5) is 16.4 Å². The summed E-state index contributed by atoms with van der Waals surface area (Å²) in [6.45, 7) is 10.8. The van der Waals surface area contributed by atoms with Gasteiger partial charge in [-0.25, -0.2) is 24.5 Å². The van der Waals surface area contributed by atoms with Crippen LogP contribution in [-0.2, 0) is 24.4 Å². The lowest BCUT2D eigenvalue weighted by Gasteiger charge is -2.20. The molecule has 4 heterocycles. The van der Waals surface area contributed by atoms with E-state index in [1.54, 1.807) is 10.9 Å². The number of carbonyl (C=O) groups is 2. The third-order valence-electron chi connectivity index (χ3n) is 6.55. The van der Waals surface area contributed by atoms with E-state index in [-0.39, 0.29) is 5.69 Å². The van der Waals surface area contributed by atoms with E-state index in [9.17, 15) is 9.59 Å². The molecule has 0 saturated heterocycles. The number of rotatable bonds is 9. The second kappa shape index (κ2) is 11.9. The van der Waals surface area contributed by atoms with Crippen LogP contribution in [0.5, 0.6) is 0 Å². The minimum atomic E-state index is -1.05. The number of benzene rings is 1. The van der Waals surface area contributed by atoms with Crippen molar-refractivity contribution in [3.8, 4) is 0 Å². The van der Waals surface area contributed by atoms with Gasteiger partial charge in [0.1, 0.15) is 23.6 Å². The van der Waals surface area contributed by atoms with Crippen LogP contribution >= 0.6 is 0 Å². The minimum absolute atomic E-state index is 0.0202. The molecule has 0 saturated carbocycles. The number of amides is 1. The topological polar surface area (TPSA) is 162 Å². The highest BCUT2D eigenvalue weighted by Crippen LogP contribution is 2.22. The van der Waals surface area contributed by atoms with E-state index in [2.05, 4.69) is 35.8 Å². The number of fused-ring (bicyclic) bond motifs is 1. The van der Waals surface area contributed by atoms with Crippen LogP contribution < -0.4 is 10.6 Å². The standard InChI is InChI=1S/C30H33N9O4/c1-18-12-25(35-29(42)43-30(3,4)5)34-19(2)22(18)13-31-26-23-16-39(37-27(23)33-17-32-26)15-21-8-6-20(7-9-21)14-38-11-10-24(36-38)28(40)41/h6-12,16-17H,13-15H2,1-5H3,(H,40,41)(H,34,35,42)(H,31,32,33,37). The molecule has 222 valence electrons. The Morgan fingerprint density at radius 1 is 0.977 bits per heavy atom. The molecule has 0 aliphatic heterocycles. The average Bonchev–Trinajstić information content (AvgIpc) is 3.55. The van der Waals surface area contributed by atoms with Gasteiger partial charge in [-0.2, -0.15) is 10.2 Å². The Balaban J connectivity index is 1.24. The Labute approximate surface area is 248 Å². The first-order valence-electron chi connectivity index (χ1n) is 13.7. The van der Waals surface area contributed by atoms with Crippen molar-refractivity contribution in [2.75, 3.05) is 10.6 Å². The summed E-state index contributed by atoms with van der Waals surface area (Å²) in [7, 11) is 0. The van der Waals surface area contributed by atoms with Gasteiger partial charge in [-0.1, -0.05) is 24.3 Å². The maximum atomic E-state index is 12.2. The van der Waals surface area contributed by atoms with E-state index in [1.807, 2.05) is 75.8 Å². The number of aryl methyl sites for hydroxylation is 2. The van der Waals surface area contributed by atoms with Crippen molar-refractivity contribution < 1.29 is 19.4 Å². The molecule has 5 rings (SSSR count). The number of ether oxygens (including phenoxy) is 1. The summed E-state index contributed by atoms with van der Waals surface area (Å²) in [6.07, 6.45) is 4.49. The summed E-state index contributed by atoms with van der Waals surface area (Å²) in [5, 5.41) is 24.6. The predicted molar refractivity (Wildman–Crippen MR) is 160 cm³/mol. The Hall–Kier alpha value is -5.33. The van der Waals surface area contributed by atoms with Gasteiger partial charge in [0.05, 0.1) is 18.5 Å². The number of carboxylic acid groups (broad SMARTS) is 1. The smallest absolute Gasteiger partial charge is 0.413 e. The molecule has 0 fully saturated rings. The molecule has 3 N–H and O–H groups in total. The molecule has 5 aromatic rings. The van der Waals surface area contributed by atoms with E-state index in [0.717, 1.165) is 33.3 Å². The van der Waals surface area contributed by atoms with Gasteiger partial charge in [-0.05, 0) is 69.0 Å². The number of carboxylic acids is 1. The minimum Gasteiger partial charge on any atom is -0.476 e. The highest BCUT2D eigenvalue weighted by Gasteiger charge is 2.18. The van der Waals surface area contributed by atoms with Crippen molar-refractivity contribution in [3.63, 3.8) is 0 Å². The van der Waals surface area contributed by atoms with Crippen LogP contribution in [0.3, 0.4) is 0 Å². The fraction of sp³-hybridized carbons (Fsp3) is 0.300. The third-order valence-corrected chi connectivity index (χ3v) is 6.55. The highest BCUT2D eigenvalue weighted by atomic mass is 16.6. The molecular formula is C30H33N9O4. The molecule has 13 nitrogen and oxygen atoms in total. The van der Waals surface area contributed by atoms with Crippen LogP contribution in [0.2, 0.25) is 0 Å². The molecule has 0 bridgehead atoms. The van der Waals surface area contributed by atoms with Gasteiger partial charge >= 0.3 is 12.1 Å². The monoisotopic (exact) mass is 583 g/mol. The number of anilines is 2. The molecule has 43 heavy (non-hydrogen) atoms. The molecule has 0 unspecified atom stereocenters. The molecule has 1 amide bonds. The van der Waals surface area contributed by atoms with E-state index in [1.165, 1.54) is 12.4 Å². The van der Waals surface area contributed by atoms with Crippen molar-refractivity contribution in [3.05, 3.63) is 88.8 Å². The maximum Gasteiger partial charge on any atom is 0.413 e. The lowest BCUT2D eigenvalue weighted by Crippen LogP contribution is -2.27. The van der Waals surface area contributed by atoms with Crippen LogP contribution in [0.1, 0.15) is 59.2 Å². The lowest BCUT2D eigenvalue weighted by atomic mass is 10.1. The zero-order valence-corrected chi connectivity index (χ0v) is 24.6. The zero-order valence-electron chi connectivity index (χ0n) is 24.6. The quantitative estimate of drug-likeness (QED) is 0.220. The highest BCUT2D eigenvalue weighted by molar-refractivity contribution is 5.86. The first kappa shape index (κ1) is 29.2. The molecule has 13 heteroatoms. The van der Waals surface area contributed by atoms with E-state index >= 15 is 0 Å². The average molecular weight is 584 g/mol. The maximum absolute atomic E-state index is 12.2. The summed E-state index contributed by atoms with van der Waals surface area (Å²) in [5.74, 6) is 0.0380. The molecule has 0 atom stereocenters. The first-order chi connectivity index (χ1) is 20.4. The number of hydrogen-bond donors (Lipinski definition) is 3. The number of aromatic nitrogens is 7. The van der Waals surface area contributed by atoms with Crippen molar-refractivity contribution >= 4 is 34.7 Å². The summed E-state index contributed by atoms with van der Waals surface area (Å²) in [6, 6.07) is 11.3.